The zero-order chi connectivity index (χ0) is 12.1. The smallest absolute Gasteiger partial charge is 0.265 e. The van der Waals surface area contributed by atoms with E-state index in [9.17, 15) is 0 Å². The van der Waals surface area contributed by atoms with Gasteiger partial charge in [-0.15, -0.1) is 0 Å². The van der Waals surface area contributed by atoms with Crippen molar-refractivity contribution >= 4 is 5.95 Å². The van der Waals surface area contributed by atoms with E-state index in [1.54, 1.807) is 12.5 Å². The monoisotopic (exact) mass is 235 g/mol. The molecule has 92 valence electrons. The number of hydrogen-bond acceptors (Lipinski definition) is 5. The van der Waals surface area contributed by atoms with Crippen molar-refractivity contribution in [3.05, 3.63) is 24.6 Å². The molecule has 6 nitrogen and oxygen atoms in total. The minimum Gasteiger partial charge on any atom is -0.339 e. The topological polar surface area (TPSA) is 60.0 Å². The van der Waals surface area contributed by atoms with Crippen molar-refractivity contribution in [2.24, 2.45) is 0 Å². The van der Waals surface area contributed by atoms with Crippen LogP contribution in [0.2, 0.25) is 0 Å². The Bertz CT molecular complexity index is 436. The minimum absolute atomic E-state index is 0.647. The summed E-state index contributed by atoms with van der Waals surface area (Å²) in [6.07, 6.45) is 7.36. The molecule has 0 radical (unpaired) electrons. The van der Waals surface area contributed by atoms with E-state index in [1.807, 2.05) is 22.7 Å². The SMILES string of the molecule is CCCc1nc(N(C)CCn2ccnc2)no1. The molecule has 0 fully saturated rings. The average molecular weight is 235 g/mol. The Labute approximate surface area is 100 Å². The number of aromatic nitrogens is 4. The van der Waals surface area contributed by atoms with Gasteiger partial charge in [0.05, 0.1) is 6.33 Å². The molecule has 2 rings (SSSR count). The van der Waals surface area contributed by atoms with Gasteiger partial charge >= 0.3 is 0 Å². The summed E-state index contributed by atoms with van der Waals surface area (Å²) in [5.41, 5.74) is 0. The van der Waals surface area contributed by atoms with E-state index in [2.05, 4.69) is 22.0 Å². The molecule has 0 spiro atoms. The van der Waals surface area contributed by atoms with Crippen LogP contribution in [-0.4, -0.2) is 33.3 Å². The lowest BCUT2D eigenvalue weighted by Gasteiger charge is -2.13. The zero-order valence-electron chi connectivity index (χ0n) is 10.2. The summed E-state index contributed by atoms with van der Waals surface area (Å²) < 4.78 is 7.16. The number of anilines is 1. The number of hydrogen-bond donors (Lipinski definition) is 0. The van der Waals surface area contributed by atoms with E-state index in [-0.39, 0.29) is 0 Å². The molecular weight excluding hydrogens is 218 g/mol. The van der Waals surface area contributed by atoms with Crippen LogP contribution in [0.3, 0.4) is 0 Å². The van der Waals surface area contributed by atoms with Crippen LogP contribution < -0.4 is 4.90 Å². The molecule has 0 bridgehead atoms. The molecule has 0 aliphatic heterocycles. The lowest BCUT2D eigenvalue weighted by molar-refractivity contribution is 0.376. The lowest BCUT2D eigenvalue weighted by Crippen LogP contribution is -2.23. The normalized spacial score (nSPS) is 10.7. The van der Waals surface area contributed by atoms with Crippen molar-refractivity contribution in [2.45, 2.75) is 26.3 Å². The second-order valence-electron chi connectivity index (χ2n) is 3.96. The van der Waals surface area contributed by atoms with Crippen LogP contribution in [0.15, 0.2) is 23.2 Å². The molecule has 0 unspecified atom stereocenters. The van der Waals surface area contributed by atoms with Crippen molar-refractivity contribution in [3.63, 3.8) is 0 Å². The highest BCUT2D eigenvalue weighted by atomic mass is 16.5. The molecule has 0 amide bonds. The summed E-state index contributed by atoms with van der Waals surface area (Å²) in [5.74, 6) is 1.35. The molecular formula is C11H17N5O. The highest BCUT2D eigenvalue weighted by molar-refractivity contribution is 5.25. The maximum absolute atomic E-state index is 5.14. The van der Waals surface area contributed by atoms with Gasteiger partial charge in [-0.2, -0.15) is 4.98 Å². The molecule has 0 N–H and O–H groups in total. The summed E-state index contributed by atoms with van der Waals surface area (Å²) in [7, 11) is 1.96. The fourth-order valence-electron chi connectivity index (χ4n) is 1.50. The summed E-state index contributed by atoms with van der Waals surface area (Å²) in [6, 6.07) is 0. The predicted octanol–water partition coefficient (Wildman–Crippen LogP) is 1.35. The van der Waals surface area contributed by atoms with Crippen LogP contribution in [-0.2, 0) is 13.0 Å². The summed E-state index contributed by atoms with van der Waals surface area (Å²) >= 11 is 0. The molecule has 2 aromatic heterocycles. The molecule has 17 heavy (non-hydrogen) atoms. The number of imidazole rings is 1. The quantitative estimate of drug-likeness (QED) is 0.756. The first-order valence-corrected chi connectivity index (χ1v) is 5.79. The molecule has 0 aliphatic rings. The highest BCUT2D eigenvalue weighted by Gasteiger charge is 2.09. The zero-order valence-corrected chi connectivity index (χ0v) is 10.2. The highest BCUT2D eigenvalue weighted by Crippen LogP contribution is 2.08. The van der Waals surface area contributed by atoms with Gasteiger partial charge in [-0.3, -0.25) is 0 Å². The maximum atomic E-state index is 5.14. The van der Waals surface area contributed by atoms with Crippen LogP contribution in [0.1, 0.15) is 19.2 Å². The molecule has 0 atom stereocenters. The summed E-state index contributed by atoms with van der Waals surface area (Å²) in [4.78, 5) is 10.3. The number of aryl methyl sites for hydroxylation is 1. The number of rotatable bonds is 6. The molecule has 6 heteroatoms. The van der Waals surface area contributed by atoms with Gasteiger partial charge in [0.15, 0.2) is 0 Å². The molecule has 0 aromatic carbocycles. The van der Waals surface area contributed by atoms with Gasteiger partial charge in [0, 0.05) is 39.0 Å². The number of nitrogens with zero attached hydrogens (tertiary/aromatic N) is 5. The second-order valence-corrected chi connectivity index (χ2v) is 3.96. The maximum Gasteiger partial charge on any atom is 0.265 e. The van der Waals surface area contributed by atoms with Gasteiger partial charge in [0.2, 0.25) is 5.89 Å². The first-order valence-electron chi connectivity index (χ1n) is 5.79. The van der Waals surface area contributed by atoms with Crippen LogP contribution >= 0.6 is 0 Å². The fourth-order valence-corrected chi connectivity index (χ4v) is 1.50. The molecule has 0 aliphatic carbocycles. The first-order chi connectivity index (χ1) is 8.29. The van der Waals surface area contributed by atoms with Crippen molar-refractivity contribution < 1.29 is 4.52 Å². The molecule has 2 heterocycles. The Morgan fingerprint density at radius 2 is 2.35 bits per heavy atom. The van der Waals surface area contributed by atoms with Gasteiger partial charge in [-0.05, 0) is 11.6 Å². The molecule has 0 saturated carbocycles. The summed E-state index contributed by atoms with van der Waals surface area (Å²) in [6.45, 7) is 3.77. The van der Waals surface area contributed by atoms with Crippen molar-refractivity contribution in [1.82, 2.24) is 19.7 Å². The third-order valence-corrected chi connectivity index (χ3v) is 2.52. The van der Waals surface area contributed by atoms with E-state index in [0.717, 1.165) is 25.9 Å². The first kappa shape index (κ1) is 11.6. The van der Waals surface area contributed by atoms with E-state index >= 15 is 0 Å². The third kappa shape index (κ3) is 3.05. The van der Waals surface area contributed by atoms with Gasteiger partial charge in [-0.25, -0.2) is 4.98 Å². The van der Waals surface area contributed by atoms with Crippen molar-refractivity contribution in [2.75, 3.05) is 18.5 Å². The minimum atomic E-state index is 0.647. The molecule has 0 saturated heterocycles. The Hall–Kier alpha value is -1.85. The van der Waals surface area contributed by atoms with Crippen LogP contribution in [0, 0.1) is 0 Å². The lowest BCUT2D eigenvalue weighted by atomic mass is 10.3. The van der Waals surface area contributed by atoms with Gasteiger partial charge in [0.1, 0.15) is 0 Å². The third-order valence-electron chi connectivity index (χ3n) is 2.52. The average Bonchev–Trinajstić information content (AvgIpc) is 2.97. The Balaban J connectivity index is 1.88. The predicted molar refractivity (Wildman–Crippen MR) is 63.8 cm³/mol. The van der Waals surface area contributed by atoms with Crippen LogP contribution in [0.25, 0.3) is 0 Å². The van der Waals surface area contributed by atoms with Gasteiger partial charge in [-0.1, -0.05) is 6.92 Å². The van der Waals surface area contributed by atoms with Crippen LogP contribution in [0.4, 0.5) is 5.95 Å². The van der Waals surface area contributed by atoms with Crippen molar-refractivity contribution in [3.8, 4) is 0 Å². The fraction of sp³-hybridized carbons (Fsp3) is 0.545. The van der Waals surface area contributed by atoms with Gasteiger partial charge in [0.25, 0.3) is 5.95 Å². The van der Waals surface area contributed by atoms with E-state index < -0.39 is 0 Å². The summed E-state index contributed by atoms with van der Waals surface area (Å²) in [5, 5.41) is 3.95. The Morgan fingerprint density at radius 1 is 1.47 bits per heavy atom. The second kappa shape index (κ2) is 5.47. The number of likely N-dealkylation sites (N-methyl/N-ethyl adjacent to an activating group) is 1. The van der Waals surface area contributed by atoms with E-state index in [0.29, 0.717) is 11.8 Å². The van der Waals surface area contributed by atoms with E-state index in [1.165, 1.54) is 0 Å². The van der Waals surface area contributed by atoms with Crippen LogP contribution in [0.5, 0.6) is 0 Å². The Morgan fingerprint density at radius 3 is 3.06 bits per heavy atom. The molecule has 2 aromatic rings. The largest absolute Gasteiger partial charge is 0.339 e. The van der Waals surface area contributed by atoms with E-state index in [4.69, 9.17) is 4.52 Å². The Kier molecular flexibility index (Phi) is 3.74. The van der Waals surface area contributed by atoms with Gasteiger partial charge < -0.3 is 14.0 Å². The standard InChI is InChI=1S/C11H17N5O/c1-3-4-10-13-11(14-17-10)15(2)7-8-16-6-5-12-9-16/h5-6,9H,3-4,7-8H2,1-2H3. The van der Waals surface area contributed by atoms with Crippen molar-refractivity contribution in [1.29, 1.82) is 0 Å².